The van der Waals surface area contributed by atoms with Gasteiger partial charge in [-0.1, -0.05) is 11.6 Å². The number of benzene rings is 2. The third-order valence-corrected chi connectivity index (χ3v) is 6.28. The van der Waals surface area contributed by atoms with Crippen LogP contribution in [0.4, 0.5) is 21.5 Å². The van der Waals surface area contributed by atoms with Gasteiger partial charge in [0.1, 0.15) is 10.8 Å². The zero-order valence-corrected chi connectivity index (χ0v) is 19.9. The molecule has 35 heavy (non-hydrogen) atoms. The number of aliphatic hydroxyl groups excluding tert-OH is 1. The fraction of sp³-hybridized carbons (Fsp3) is 0.360. The van der Waals surface area contributed by atoms with Crippen molar-refractivity contribution in [2.24, 2.45) is 5.92 Å². The first-order valence-electron chi connectivity index (χ1n) is 11.5. The highest BCUT2D eigenvalue weighted by atomic mass is 35.5. The Bertz CT molecular complexity index is 1170. The minimum absolute atomic E-state index is 0.0608. The van der Waals surface area contributed by atoms with Crippen molar-refractivity contribution in [3.63, 3.8) is 0 Å². The van der Waals surface area contributed by atoms with Gasteiger partial charge in [0.2, 0.25) is 0 Å². The van der Waals surface area contributed by atoms with Gasteiger partial charge in [-0.3, -0.25) is 4.79 Å². The number of aliphatic hydroxyl groups is 2. The Morgan fingerprint density at radius 3 is 2.49 bits per heavy atom. The van der Waals surface area contributed by atoms with E-state index in [1.165, 1.54) is 23.0 Å². The topological polar surface area (TPSA) is 99.9 Å². The molecule has 186 valence electrons. The van der Waals surface area contributed by atoms with Gasteiger partial charge in [-0.2, -0.15) is 9.78 Å². The Labute approximate surface area is 207 Å². The Kier molecular flexibility index (Phi) is 8.35. The van der Waals surface area contributed by atoms with Gasteiger partial charge in [-0.25, -0.2) is 4.39 Å². The van der Waals surface area contributed by atoms with E-state index in [4.69, 9.17) is 16.3 Å². The van der Waals surface area contributed by atoms with Gasteiger partial charge in [0.15, 0.2) is 6.29 Å². The number of aromatic nitrogens is 2. The quantitative estimate of drug-likeness (QED) is 0.384. The molecule has 3 N–H and O–H groups in total. The lowest BCUT2D eigenvalue weighted by molar-refractivity contribution is -0.0430. The highest BCUT2D eigenvalue weighted by Crippen LogP contribution is 2.27. The number of nitrogens with one attached hydrogen (secondary N) is 1. The van der Waals surface area contributed by atoms with Crippen molar-refractivity contribution in [3.05, 3.63) is 75.9 Å². The first kappa shape index (κ1) is 25.1. The molecule has 0 amide bonds. The normalized spacial score (nSPS) is 15.9. The summed E-state index contributed by atoms with van der Waals surface area (Å²) < 4.78 is 20.1. The Morgan fingerprint density at radius 2 is 1.86 bits per heavy atom. The summed E-state index contributed by atoms with van der Waals surface area (Å²) in [4.78, 5) is 14.7. The fourth-order valence-electron chi connectivity index (χ4n) is 4.01. The maximum Gasteiger partial charge on any atom is 0.292 e. The number of hydrogen-bond donors (Lipinski definition) is 3. The third kappa shape index (κ3) is 6.37. The maximum absolute atomic E-state index is 13.4. The fourth-order valence-corrected chi connectivity index (χ4v) is 4.20. The molecule has 1 aromatic heterocycles. The van der Waals surface area contributed by atoms with Crippen molar-refractivity contribution >= 4 is 28.7 Å². The molecule has 10 heteroatoms. The van der Waals surface area contributed by atoms with Crippen LogP contribution in [0.1, 0.15) is 19.3 Å². The Hall–Kier alpha value is -2.98. The second kappa shape index (κ2) is 11.6. The van der Waals surface area contributed by atoms with Crippen molar-refractivity contribution < 1.29 is 19.3 Å². The molecular formula is C25H28ClFN4O4. The van der Waals surface area contributed by atoms with E-state index in [9.17, 15) is 19.4 Å². The molecule has 4 rings (SSSR count). The van der Waals surface area contributed by atoms with Crippen LogP contribution in [0.25, 0.3) is 5.69 Å². The monoisotopic (exact) mass is 502 g/mol. The molecule has 0 aliphatic carbocycles. The average Bonchev–Trinajstić information content (AvgIpc) is 2.87. The van der Waals surface area contributed by atoms with Gasteiger partial charge >= 0.3 is 0 Å². The van der Waals surface area contributed by atoms with Crippen LogP contribution in [0.3, 0.4) is 0 Å². The second-order valence-electron chi connectivity index (χ2n) is 8.47. The summed E-state index contributed by atoms with van der Waals surface area (Å²) in [6, 6.07) is 12.9. The lowest BCUT2D eigenvalue weighted by Crippen LogP contribution is -2.27. The van der Waals surface area contributed by atoms with Crippen molar-refractivity contribution in [3.8, 4) is 5.69 Å². The molecular weight excluding hydrogens is 475 g/mol. The van der Waals surface area contributed by atoms with E-state index < -0.39 is 11.8 Å². The maximum atomic E-state index is 13.4. The van der Waals surface area contributed by atoms with Crippen LogP contribution < -0.4 is 15.8 Å². The molecule has 1 aliphatic heterocycles. The lowest BCUT2D eigenvalue weighted by Gasteiger charge is -2.26. The van der Waals surface area contributed by atoms with Crippen molar-refractivity contribution in [2.45, 2.75) is 25.6 Å². The highest BCUT2D eigenvalue weighted by Gasteiger charge is 2.17. The van der Waals surface area contributed by atoms with E-state index >= 15 is 0 Å². The van der Waals surface area contributed by atoms with Crippen LogP contribution in [0.15, 0.2) is 59.5 Å². The lowest BCUT2D eigenvalue weighted by atomic mass is 10.0. The molecule has 1 atom stereocenters. The van der Waals surface area contributed by atoms with Gasteiger partial charge < -0.3 is 25.2 Å². The molecule has 3 aromatic rings. The Balaban J connectivity index is 1.53. The van der Waals surface area contributed by atoms with Crippen LogP contribution in [-0.2, 0) is 4.74 Å². The highest BCUT2D eigenvalue weighted by molar-refractivity contribution is 6.32. The van der Waals surface area contributed by atoms with Crippen LogP contribution >= 0.6 is 11.6 Å². The predicted molar refractivity (Wildman–Crippen MR) is 133 cm³/mol. The molecule has 2 heterocycles. The molecule has 2 aromatic carbocycles. The van der Waals surface area contributed by atoms with E-state index in [0.29, 0.717) is 42.7 Å². The summed E-state index contributed by atoms with van der Waals surface area (Å²) >= 11 is 6.36. The summed E-state index contributed by atoms with van der Waals surface area (Å²) in [7, 11) is 0. The Morgan fingerprint density at radius 1 is 1.17 bits per heavy atom. The van der Waals surface area contributed by atoms with E-state index in [2.05, 4.69) is 10.4 Å². The summed E-state index contributed by atoms with van der Waals surface area (Å²) in [5.41, 5.74) is 1.99. The van der Waals surface area contributed by atoms with Crippen LogP contribution in [-0.4, -0.2) is 52.6 Å². The second-order valence-corrected chi connectivity index (χ2v) is 8.84. The van der Waals surface area contributed by atoms with Crippen LogP contribution in [0.2, 0.25) is 5.02 Å². The van der Waals surface area contributed by atoms with Gasteiger partial charge in [-0.15, -0.1) is 0 Å². The van der Waals surface area contributed by atoms with Crippen LogP contribution in [0.5, 0.6) is 0 Å². The molecule has 0 spiro atoms. The molecule has 0 unspecified atom stereocenters. The van der Waals surface area contributed by atoms with E-state index in [-0.39, 0.29) is 17.3 Å². The smallest absolute Gasteiger partial charge is 0.292 e. The molecule has 1 fully saturated rings. The molecule has 1 aliphatic rings. The molecule has 1 saturated heterocycles. The third-order valence-electron chi connectivity index (χ3n) is 5.91. The molecule has 0 saturated carbocycles. The number of anilines is 3. The van der Waals surface area contributed by atoms with Gasteiger partial charge in [0, 0.05) is 37.5 Å². The largest absolute Gasteiger partial charge is 0.382 e. The van der Waals surface area contributed by atoms with E-state index in [1.54, 1.807) is 36.4 Å². The minimum atomic E-state index is -1.47. The first-order valence-corrected chi connectivity index (χ1v) is 11.9. The number of nitrogens with zero attached hydrogens (tertiary/aromatic N) is 3. The number of hydrogen-bond acceptors (Lipinski definition) is 7. The summed E-state index contributed by atoms with van der Waals surface area (Å²) in [6.45, 7) is 2.42. The molecule has 0 bridgehead atoms. The SMILES string of the molecule is O=c1c(Cl)c(NC[C@@H]2CCCOC2)cnn1-c1ccc(N(CCC(O)O)c2ccc(F)cc2)cc1. The standard InChI is InChI=1S/C25H28ClFN4O4/c26-24-22(28-14-17-2-1-13-35-16-17)15-29-31(25(24)34)21-9-7-20(8-10-21)30(12-11-23(32)33)19-5-3-18(27)4-6-19/h3-10,15,17,23,28,32-33H,1-2,11-14,16H2/t17-/m0/s1. The average molecular weight is 503 g/mol. The van der Waals surface area contributed by atoms with Gasteiger partial charge in [0.25, 0.3) is 5.56 Å². The van der Waals surface area contributed by atoms with E-state index in [0.717, 1.165) is 25.1 Å². The predicted octanol–water partition coefficient (Wildman–Crippen LogP) is 3.70. The number of rotatable bonds is 9. The van der Waals surface area contributed by atoms with Crippen molar-refractivity contribution in [2.75, 3.05) is 36.5 Å². The summed E-state index contributed by atoms with van der Waals surface area (Å²) in [5.74, 6) is 0.00405. The first-order chi connectivity index (χ1) is 16.9. The number of ether oxygens (including phenoxy) is 1. The van der Waals surface area contributed by atoms with Crippen molar-refractivity contribution in [1.82, 2.24) is 9.78 Å². The summed E-state index contributed by atoms with van der Waals surface area (Å²) in [6.07, 6.45) is 2.24. The van der Waals surface area contributed by atoms with Gasteiger partial charge in [0.05, 0.1) is 24.2 Å². The molecule has 0 radical (unpaired) electrons. The van der Waals surface area contributed by atoms with E-state index in [1.807, 2.05) is 4.90 Å². The minimum Gasteiger partial charge on any atom is -0.382 e. The summed E-state index contributed by atoms with van der Waals surface area (Å²) in [5, 5.41) is 26.2. The number of halogens is 2. The van der Waals surface area contributed by atoms with Gasteiger partial charge in [-0.05, 0) is 67.3 Å². The molecule has 8 nitrogen and oxygen atoms in total. The van der Waals surface area contributed by atoms with Crippen molar-refractivity contribution in [1.29, 1.82) is 0 Å². The van der Waals surface area contributed by atoms with Crippen LogP contribution in [0, 0.1) is 11.7 Å². The zero-order valence-electron chi connectivity index (χ0n) is 19.1. The zero-order chi connectivity index (χ0) is 24.8.